The third-order valence-corrected chi connectivity index (χ3v) is 3.66. The SMILES string of the molecule is CCNc1ccc(C)cc1C(=O)N1CCOCC1(C)C. The molecule has 1 saturated heterocycles. The largest absolute Gasteiger partial charge is 0.385 e. The van der Waals surface area contributed by atoms with Crippen LogP contribution in [0.1, 0.15) is 36.7 Å². The van der Waals surface area contributed by atoms with Gasteiger partial charge in [-0.15, -0.1) is 0 Å². The number of amides is 1. The van der Waals surface area contributed by atoms with Gasteiger partial charge in [-0.05, 0) is 39.8 Å². The van der Waals surface area contributed by atoms with Gasteiger partial charge in [0.25, 0.3) is 5.91 Å². The molecule has 4 nitrogen and oxygen atoms in total. The van der Waals surface area contributed by atoms with E-state index in [1.165, 1.54) is 0 Å². The maximum atomic E-state index is 12.9. The number of anilines is 1. The van der Waals surface area contributed by atoms with Gasteiger partial charge in [0.2, 0.25) is 0 Å². The zero-order valence-electron chi connectivity index (χ0n) is 12.8. The van der Waals surface area contributed by atoms with Crippen LogP contribution in [-0.2, 0) is 4.74 Å². The van der Waals surface area contributed by atoms with Gasteiger partial charge in [-0.1, -0.05) is 11.6 Å². The van der Waals surface area contributed by atoms with Gasteiger partial charge in [0.1, 0.15) is 0 Å². The molecule has 1 N–H and O–H groups in total. The monoisotopic (exact) mass is 276 g/mol. The fourth-order valence-corrected chi connectivity index (χ4v) is 2.56. The van der Waals surface area contributed by atoms with E-state index in [9.17, 15) is 4.79 Å². The van der Waals surface area contributed by atoms with Crippen LogP contribution in [0.3, 0.4) is 0 Å². The summed E-state index contributed by atoms with van der Waals surface area (Å²) in [5.74, 6) is 0.0814. The molecule has 0 unspecified atom stereocenters. The molecule has 0 aromatic heterocycles. The van der Waals surface area contributed by atoms with E-state index in [0.717, 1.165) is 23.4 Å². The molecule has 110 valence electrons. The van der Waals surface area contributed by atoms with Crippen molar-refractivity contribution >= 4 is 11.6 Å². The third kappa shape index (κ3) is 2.96. The molecule has 0 saturated carbocycles. The molecule has 1 heterocycles. The Morgan fingerprint density at radius 1 is 1.45 bits per heavy atom. The number of benzene rings is 1. The Labute approximate surface area is 121 Å². The summed E-state index contributed by atoms with van der Waals surface area (Å²) in [7, 11) is 0. The number of hydrogen-bond donors (Lipinski definition) is 1. The quantitative estimate of drug-likeness (QED) is 0.923. The number of carbonyl (C=O) groups excluding carboxylic acids is 1. The van der Waals surface area contributed by atoms with E-state index >= 15 is 0 Å². The molecule has 1 aliphatic rings. The van der Waals surface area contributed by atoms with Crippen LogP contribution in [0.15, 0.2) is 18.2 Å². The number of nitrogens with zero attached hydrogens (tertiary/aromatic N) is 1. The summed E-state index contributed by atoms with van der Waals surface area (Å²) in [6.07, 6.45) is 0. The van der Waals surface area contributed by atoms with Gasteiger partial charge in [-0.25, -0.2) is 0 Å². The van der Waals surface area contributed by atoms with E-state index < -0.39 is 0 Å². The summed E-state index contributed by atoms with van der Waals surface area (Å²) < 4.78 is 5.49. The van der Waals surface area contributed by atoms with Crippen LogP contribution in [0.25, 0.3) is 0 Å². The minimum absolute atomic E-state index is 0.0814. The molecule has 0 atom stereocenters. The molecule has 1 amide bonds. The van der Waals surface area contributed by atoms with E-state index in [4.69, 9.17) is 4.74 Å². The smallest absolute Gasteiger partial charge is 0.256 e. The van der Waals surface area contributed by atoms with Crippen LogP contribution in [0, 0.1) is 6.92 Å². The first kappa shape index (κ1) is 14.9. The number of hydrogen-bond acceptors (Lipinski definition) is 3. The first-order chi connectivity index (χ1) is 9.45. The van der Waals surface area contributed by atoms with E-state index in [-0.39, 0.29) is 11.4 Å². The normalized spacial score (nSPS) is 17.9. The average Bonchev–Trinajstić information content (AvgIpc) is 2.40. The molecule has 0 radical (unpaired) electrons. The van der Waals surface area contributed by atoms with Crippen LogP contribution >= 0.6 is 0 Å². The molecule has 0 bridgehead atoms. The minimum atomic E-state index is -0.261. The molecular weight excluding hydrogens is 252 g/mol. The van der Waals surface area contributed by atoms with Crippen LogP contribution in [0.2, 0.25) is 0 Å². The number of carbonyl (C=O) groups is 1. The highest BCUT2D eigenvalue weighted by atomic mass is 16.5. The number of rotatable bonds is 3. The van der Waals surface area contributed by atoms with Gasteiger partial charge in [0.05, 0.1) is 24.3 Å². The summed E-state index contributed by atoms with van der Waals surface area (Å²) in [6.45, 7) is 10.8. The Bertz CT molecular complexity index is 497. The lowest BCUT2D eigenvalue weighted by Crippen LogP contribution is -2.55. The van der Waals surface area contributed by atoms with Gasteiger partial charge in [0, 0.05) is 18.8 Å². The highest BCUT2D eigenvalue weighted by molar-refractivity contribution is 6.00. The third-order valence-electron chi connectivity index (χ3n) is 3.66. The highest BCUT2D eigenvalue weighted by Gasteiger charge is 2.35. The number of nitrogens with one attached hydrogen (secondary N) is 1. The molecule has 2 rings (SSSR count). The van der Waals surface area contributed by atoms with Gasteiger partial charge in [-0.2, -0.15) is 0 Å². The van der Waals surface area contributed by atoms with Crippen molar-refractivity contribution in [2.45, 2.75) is 33.2 Å². The fraction of sp³-hybridized carbons (Fsp3) is 0.562. The van der Waals surface area contributed by atoms with Gasteiger partial charge in [0.15, 0.2) is 0 Å². The Morgan fingerprint density at radius 2 is 2.20 bits per heavy atom. The topological polar surface area (TPSA) is 41.6 Å². The average molecular weight is 276 g/mol. The Morgan fingerprint density at radius 3 is 2.85 bits per heavy atom. The van der Waals surface area contributed by atoms with Crippen molar-refractivity contribution in [2.24, 2.45) is 0 Å². The van der Waals surface area contributed by atoms with Crippen LogP contribution < -0.4 is 5.32 Å². The van der Waals surface area contributed by atoms with E-state index in [2.05, 4.69) is 5.32 Å². The van der Waals surface area contributed by atoms with Crippen molar-refractivity contribution in [3.8, 4) is 0 Å². The second-order valence-electron chi connectivity index (χ2n) is 5.90. The molecule has 1 aromatic rings. The lowest BCUT2D eigenvalue weighted by molar-refractivity contribution is -0.0370. The Kier molecular flexibility index (Phi) is 4.33. The number of morpholine rings is 1. The predicted molar refractivity (Wildman–Crippen MR) is 81.3 cm³/mol. The summed E-state index contributed by atoms with van der Waals surface area (Å²) in [6, 6.07) is 5.98. The van der Waals surface area contributed by atoms with E-state index in [0.29, 0.717) is 19.8 Å². The first-order valence-electron chi connectivity index (χ1n) is 7.20. The minimum Gasteiger partial charge on any atom is -0.385 e. The number of aryl methyl sites for hydroxylation is 1. The molecule has 0 aliphatic carbocycles. The van der Waals surface area contributed by atoms with Crippen LogP contribution in [0.4, 0.5) is 5.69 Å². The second kappa shape index (κ2) is 5.83. The molecule has 1 fully saturated rings. The molecule has 0 spiro atoms. The van der Waals surface area contributed by atoms with Crippen molar-refractivity contribution < 1.29 is 9.53 Å². The van der Waals surface area contributed by atoms with Crippen molar-refractivity contribution in [3.05, 3.63) is 29.3 Å². The Hall–Kier alpha value is -1.55. The highest BCUT2D eigenvalue weighted by Crippen LogP contribution is 2.25. The molecule has 1 aromatic carbocycles. The van der Waals surface area contributed by atoms with Gasteiger partial charge in [-0.3, -0.25) is 4.79 Å². The maximum absolute atomic E-state index is 12.9. The van der Waals surface area contributed by atoms with Crippen molar-refractivity contribution in [2.75, 3.05) is 31.6 Å². The maximum Gasteiger partial charge on any atom is 0.256 e. The zero-order valence-corrected chi connectivity index (χ0v) is 12.8. The van der Waals surface area contributed by atoms with Crippen molar-refractivity contribution in [1.29, 1.82) is 0 Å². The molecule has 20 heavy (non-hydrogen) atoms. The summed E-state index contributed by atoms with van der Waals surface area (Å²) in [4.78, 5) is 14.8. The molecule has 4 heteroatoms. The molecule has 1 aliphatic heterocycles. The van der Waals surface area contributed by atoms with Crippen molar-refractivity contribution in [1.82, 2.24) is 4.90 Å². The Balaban J connectivity index is 2.34. The van der Waals surface area contributed by atoms with Crippen molar-refractivity contribution in [3.63, 3.8) is 0 Å². The zero-order chi connectivity index (χ0) is 14.8. The molecular formula is C16H24N2O2. The first-order valence-corrected chi connectivity index (χ1v) is 7.20. The van der Waals surface area contributed by atoms with Crippen LogP contribution in [-0.4, -0.2) is 42.6 Å². The van der Waals surface area contributed by atoms with Gasteiger partial charge < -0.3 is 15.0 Å². The summed E-state index contributed by atoms with van der Waals surface area (Å²) in [5.41, 5.74) is 2.50. The van der Waals surface area contributed by atoms with Crippen LogP contribution in [0.5, 0.6) is 0 Å². The van der Waals surface area contributed by atoms with E-state index in [1.54, 1.807) is 0 Å². The van der Waals surface area contributed by atoms with Gasteiger partial charge >= 0.3 is 0 Å². The number of ether oxygens (including phenoxy) is 1. The summed E-state index contributed by atoms with van der Waals surface area (Å²) in [5, 5.41) is 3.27. The predicted octanol–water partition coefficient (Wildman–Crippen LogP) is 2.68. The lowest BCUT2D eigenvalue weighted by atomic mass is 9.99. The fourth-order valence-electron chi connectivity index (χ4n) is 2.56. The lowest BCUT2D eigenvalue weighted by Gasteiger charge is -2.42. The van der Waals surface area contributed by atoms with E-state index in [1.807, 2.05) is 50.8 Å². The standard InChI is InChI=1S/C16H24N2O2/c1-5-17-14-7-6-12(2)10-13(14)15(19)18-8-9-20-11-16(18,3)4/h6-7,10,17H,5,8-9,11H2,1-4H3. The summed E-state index contributed by atoms with van der Waals surface area (Å²) >= 11 is 0. The second-order valence-corrected chi connectivity index (χ2v) is 5.90.